The van der Waals surface area contributed by atoms with Crippen molar-refractivity contribution in [1.29, 1.82) is 0 Å². The number of rotatable bonds is 3. The van der Waals surface area contributed by atoms with E-state index in [-0.39, 0.29) is 18.1 Å². The van der Waals surface area contributed by atoms with E-state index in [1.165, 1.54) is 24.4 Å². The summed E-state index contributed by atoms with van der Waals surface area (Å²) >= 11 is 0. The smallest absolute Gasteiger partial charge is 0.419 e. The van der Waals surface area contributed by atoms with Gasteiger partial charge in [-0.2, -0.15) is 13.2 Å². The van der Waals surface area contributed by atoms with E-state index in [2.05, 4.69) is 10.3 Å². The van der Waals surface area contributed by atoms with Crippen LogP contribution in [-0.2, 0) is 12.7 Å². The molecule has 0 atom stereocenters. The minimum absolute atomic E-state index is 0.109. The largest absolute Gasteiger partial charge is 0.508 e. The lowest BCUT2D eigenvalue weighted by atomic mass is 10.2. The van der Waals surface area contributed by atoms with Gasteiger partial charge in [0.05, 0.1) is 5.56 Å². The number of phenolic OH excluding ortho intramolecular Hbond substituents is 1. The monoisotopic (exact) mass is 268 g/mol. The first kappa shape index (κ1) is 13.2. The first-order valence-corrected chi connectivity index (χ1v) is 5.51. The van der Waals surface area contributed by atoms with E-state index in [4.69, 9.17) is 5.11 Å². The molecule has 6 heteroatoms. The topological polar surface area (TPSA) is 45.1 Å². The normalized spacial score (nSPS) is 11.3. The highest BCUT2D eigenvalue weighted by Gasteiger charge is 2.33. The third kappa shape index (κ3) is 3.37. The van der Waals surface area contributed by atoms with Gasteiger partial charge in [0.15, 0.2) is 0 Å². The van der Waals surface area contributed by atoms with E-state index in [1.54, 1.807) is 12.1 Å². The second-order valence-corrected chi connectivity index (χ2v) is 3.92. The van der Waals surface area contributed by atoms with Crippen LogP contribution in [0.2, 0.25) is 0 Å². The number of benzene rings is 1. The second kappa shape index (κ2) is 5.17. The molecule has 2 rings (SSSR count). The maximum absolute atomic E-state index is 12.7. The number of nitrogens with one attached hydrogen (secondary N) is 1. The zero-order chi connectivity index (χ0) is 13.9. The van der Waals surface area contributed by atoms with Crippen molar-refractivity contribution in [2.75, 3.05) is 5.32 Å². The second-order valence-electron chi connectivity index (χ2n) is 3.92. The first-order valence-electron chi connectivity index (χ1n) is 5.51. The zero-order valence-corrected chi connectivity index (χ0v) is 9.78. The van der Waals surface area contributed by atoms with Crippen LogP contribution in [0.1, 0.15) is 11.1 Å². The molecule has 1 aromatic heterocycles. The molecule has 19 heavy (non-hydrogen) atoms. The van der Waals surface area contributed by atoms with E-state index in [0.29, 0.717) is 0 Å². The summed E-state index contributed by atoms with van der Waals surface area (Å²) in [5.41, 5.74) is -0.0506. The fourth-order valence-corrected chi connectivity index (χ4v) is 1.57. The molecule has 2 aromatic rings. The van der Waals surface area contributed by atoms with E-state index in [1.807, 2.05) is 0 Å². The molecule has 2 N–H and O–H groups in total. The number of anilines is 1. The minimum Gasteiger partial charge on any atom is -0.508 e. The van der Waals surface area contributed by atoms with Crippen LogP contribution in [0.4, 0.5) is 19.0 Å². The molecule has 0 saturated heterocycles. The molecule has 0 saturated carbocycles. The van der Waals surface area contributed by atoms with Crippen LogP contribution >= 0.6 is 0 Å². The Hall–Kier alpha value is -2.24. The maximum Gasteiger partial charge on any atom is 0.419 e. The number of nitrogens with zero attached hydrogens (tertiary/aromatic N) is 1. The Kier molecular flexibility index (Phi) is 3.59. The summed E-state index contributed by atoms with van der Waals surface area (Å²) in [5.74, 6) is -0.0966. The van der Waals surface area contributed by atoms with Gasteiger partial charge in [0.1, 0.15) is 11.6 Å². The summed E-state index contributed by atoms with van der Waals surface area (Å²) in [6, 6.07) is 8.41. The first-order chi connectivity index (χ1) is 8.97. The molecule has 100 valence electrons. The van der Waals surface area contributed by atoms with Gasteiger partial charge in [-0.25, -0.2) is 4.98 Å². The average Bonchev–Trinajstić information content (AvgIpc) is 2.37. The molecule has 1 aromatic carbocycles. The SMILES string of the molecule is Oc1ccc(CNc2ncccc2C(F)(F)F)cc1. The zero-order valence-electron chi connectivity index (χ0n) is 9.78. The molecule has 0 spiro atoms. The number of pyridine rings is 1. The van der Waals surface area contributed by atoms with Gasteiger partial charge < -0.3 is 10.4 Å². The van der Waals surface area contributed by atoms with Crippen LogP contribution in [0, 0.1) is 0 Å². The van der Waals surface area contributed by atoms with Gasteiger partial charge in [0.2, 0.25) is 0 Å². The molecule has 0 radical (unpaired) electrons. The van der Waals surface area contributed by atoms with Gasteiger partial charge in [-0.3, -0.25) is 0 Å². The summed E-state index contributed by atoms with van der Waals surface area (Å²) in [5, 5.41) is 11.8. The lowest BCUT2D eigenvalue weighted by molar-refractivity contribution is -0.137. The fraction of sp³-hybridized carbons (Fsp3) is 0.154. The minimum atomic E-state index is -4.44. The van der Waals surface area contributed by atoms with Crippen LogP contribution in [0.15, 0.2) is 42.6 Å². The van der Waals surface area contributed by atoms with Crippen LogP contribution < -0.4 is 5.32 Å². The van der Waals surface area contributed by atoms with Gasteiger partial charge in [-0.15, -0.1) is 0 Å². The summed E-state index contributed by atoms with van der Waals surface area (Å²) < 4.78 is 38.1. The van der Waals surface area contributed by atoms with E-state index >= 15 is 0 Å². The number of phenols is 1. The van der Waals surface area contributed by atoms with Gasteiger partial charge in [0.25, 0.3) is 0 Å². The number of alkyl halides is 3. The maximum atomic E-state index is 12.7. The molecule has 0 aliphatic heterocycles. The van der Waals surface area contributed by atoms with Gasteiger partial charge in [-0.1, -0.05) is 12.1 Å². The summed E-state index contributed by atoms with van der Waals surface area (Å²) in [7, 11) is 0. The van der Waals surface area contributed by atoms with E-state index in [0.717, 1.165) is 11.6 Å². The van der Waals surface area contributed by atoms with Crippen molar-refractivity contribution in [2.24, 2.45) is 0 Å². The molecule has 0 aliphatic carbocycles. The van der Waals surface area contributed by atoms with E-state index in [9.17, 15) is 13.2 Å². The number of aromatic hydroxyl groups is 1. The summed E-state index contributed by atoms with van der Waals surface area (Å²) in [6.07, 6.45) is -3.14. The van der Waals surface area contributed by atoms with Crippen molar-refractivity contribution in [3.05, 3.63) is 53.7 Å². The fourth-order valence-electron chi connectivity index (χ4n) is 1.57. The van der Waals surface area contributed by atoms with E-state index < -0.39 is 11.7 Å². The van der Waals surface area contributed by atoms with Gasteiger partial charge in [-0.05, 0) is 29.8 Å². The Morgan fingerprint density at radius 2 is 1.79 bits per heavy atom. The standard InChI is InChI=1S/C13H11F3N2O/c14-13(15,16)11-2-1-7-17-12(11)18-8-9-3-5-10(19)6-4-9/h1-7,19H,8H2,(H,17,18). The molecule has 0 aliphatic rings. The highest BCUT2D eigenvalue weighted by molar-refractivity contribution is 5.46. The number of hydrogen-bond donors (Lipinski definition) is 2. The molecule has 0 fully saturated rings. The molecule has 1 heterocycles. The van der Waals surface area contributed by atoms with Crippen molar-refractivity contribution in [3.8, 4) is 5.75 Å². The van der Waals surface area contributed by atoms with Crippen LogP contribution in [-0.4, -0.2) is 10.1 Å². The molecule has 0 bridgehead atoms. The van der Waals surface area contributed by atoms with Gasteiger partial charge >= 0.3 is 6.18 Å². The third-order valence-electron chi connectivity index (χ3n) is 2.51. The molecule has 0 unspecified atom stereocenters. The van der Waals surface area contributed by atoms with Crippen molar-refractivity contribution in [1.82, 2.24) is 4.98 Å². The van der Waals surface area contributed by atoms with Crippen LogP contribution in [0.25, 0.3) is 0 Å². The number of hydrogen-bond acceptors (Lipinski definition) is 3. The molecule has 3 nitrogen and oxygen atoms in total. The van der Waals surface area contributed by atoms with Crippen molar-refractivity contribution >= 4 is 5.82 Å². The van der Waals surface area contributed by atoms with Crippen molar-refractivity contribution in [3.63, 3.8) is 0 Å². The Morgan fingerprint density at radius 1 is 1.11 bits per heavy atom. The molecular formula is C13H11F3N2O. The lowest BCUT2D eigenvalue weighted by Gasteiger charge is -2.13. The number of halogens is 3. The van der Waals surface area contributed by atoms with Crippen molar-refractivity contribution in [2.45, 2.75) is 12.7 Å². The Balaban J connectivity index is 2.14. The third-order valence-corrected chi connectivity index (χ3v) is 2.51. The average molecular weight is 268 g/mol. The highest BCUT2D eigenvalue weighted by atomic mass is 19.4. The predicted octanol–water partition coefficient (Wildman–Crippen LogP) is 3.42. The summed E-state index contributed by atoms with van der Waals surface area (Å²) in [4.78, 5) is 3.70. The van der Waals surface area contributed by atoms with Crippen LogP contribution in [0.3, 0.4) is 0 Å². The quantitative estimate of drug-likeness (QED) is 0.896. The Morgan fingerprint density at radius 3 is 2.42 bits per heavy atom. The predicted molar refractivity (Wildman–Crippen MR) is 64.7 cm³/mol. The van der Waals surface area contributed by atoms with Gasteiger partial charge in [0, 0.05) is 12.7 Å². The molecule has 0 amide bonds. The molecular weight excluding hydrogens is 257 g/mol. The number of aromatic nitrogens is 1. The van der Waals surface area contributed by atoms with Crippen LogP contribution in [0.5, 0.6) is 5.75 Å². The summed E-state index contributed by atoms with van der Waals surface area (Å²) in [6.45, 7) is 0.195. The Bertz CT molecular complexity index is 553. The van der Waals surface area contributed by atoms with Crippen molar-refractivity contribution < 1.29 is 18.3 Å². The lowest BCUT2D eigenvalue weighted by Crippen LogP contribution is -2.12. The highest BCUT2D eigenvalue weighted by Crippen LogP contribution is 2.33. The Labute approximate surface area is 107 Å².